The second kappa shape index (κ2) is 19.5. The molecule has 0 aliphatic rings. The monoisotopic (exact) mass is 887 g/mol. The Morgan fingerprint density at radius 3 is 1.29 bits per heavy atom. The minimum absolute atomic E-state index is 0.827. The van der Waals surface area contributed by atoms with Crippen LogP contribution in [0.15, 0.2) is 201 Å². The normalized spacial score (nSPS) is 10.9. The number of hydrogen-bond donors (Lipinski definition) is 3. The zero-order chi connectivity index (χ0) is 46.2. The first-order valence-electron chi connectivity index (χ1n) is 22.0. The van der Waals surface area contributed by atoms with E-state index in [0.29, 0.717) is 0 Å². The van der Waals surface area contributed by atoms with Crippen molar-refractivity contribution in [3.05, 3.63) is 207 Å². The third kappa shape index (κ3) is 8.55. The van der Waals surface area contributed by atoms with Crippen LogP contribution in [0.3, 0.4) is 0 Å². The molecule has 330 valence electrons. The first kappa shape index (κ1) is 42.7. The van der Waals surface area contributed by atoms with Crippen LogP contribution in [0.4, 0.5) is 0 Å². The number of benzene rings is 3. The molecular formula is C57H45N9O2. The minimum Gasteiger partial charge on any atom is -0.497 e. The summed E-state index contributed by atoms with van der Waals surface area (Å²) in [6.45, 7) is 2.13. The van der Waals surface area contributed by atoms with Gasteiger partial charge in [-0.1, -0.05) is 54.6 Å². The topological polar surface area (TPSA) is 143 Å². The number of ether oxygens (including phenoxy) is 2. The Labute approximate surface area is 392 Å². The highest BCUT2D eigenvalue weighted by molar-refractivity contribution is 6.04. The molecule has 0 unspecified atom stereocenters. The summed E-state index contributed by atoms with van der Waals surface area (Å²) in [4.78, 5) is 36.6. The fourth-order valence-corrected chi connectivity index (χ4v) is 8.56. The summed E-state index contributed by atoms with van der Waals surface area (Å²) >= 11 is 0. The van der Waals surface area contributed by atoms with E-state index in [-0.39, 0.29) is 0 Å². The Kier molecular flexibility index (Phi) is 12.2. The molecule has 12 rings (SSSR count). The van der Waals surface area contributed by atoms with Crippen LogP contribution < -0.4 is 9.47 Å². The first-order valence-corrected chi connectivity index (χ1v) is 22.0. The average Bonchev–Trinajstić information content (AvgIpc) is 4.12. The third-order valence-corrected chi connectivity index (χ3v) is 11.7. The molecule has 3 N–H and O–H groups in total. The number of aryl methyl sites for hydroxylation is 1. The van der Waals surface area contributed by atoms with Crippen molar-refractivity contribution in [3.63, 3.8) is 0 Å². The Bertz CT molecular complexity index is 3620. The quantitative estimate of drug-likeness (QED) is 0.137. The van der Waals surface area contributed by atoms with E-state index in [0.717, 1.165) is 106 Å². The second-order valence-electron chi connectivity index (χ2n) is 15.8. The van der Waals surface area contributed by atoms with Gasteiger partial charge in [-0.05, 0) is 115 Å². The number of aromatic amines is 3. The van der Waals surface area contributed by atoms with E-state index >= 15 is 0 Å². The summed E-state index contributed by atoms with van der Waals surface area (Å²) in [5.74, 6) is 1.66. The van der Waals surface area contributed by atoms with Gasteiger partial charge in [-0.25, -0.2) is 0 Å². The molecule has 0 spiro atoms. The van der Waals surface area contributed by atoms with E-state index in [2.05, 4.69) is 94.2 Å². The molecule has 0 bridgehead atoms. The number of aromatic nitrogens is 9. The standard InChI is InChI=1S/2C19H15N3O.C19H15N3/c1-23-15-5-2-4-14(12-15)17-18(13-7-10-20-11-8-13)22-16-6-3-9-21-19(16)17;1-23-16-7-3-2-5-14(16)17-18(13-8-11-20-12-9-13)22-15-6-4-10-21-19(15)17;1-13-5-2-3-6-15(13)17-18(14-8-11-20-12-9-14)22-16-7-4-10-21-19(16)17/h2*2-12,22H,1H3;2-12,22H,1H3. The lowest BCUT2D eigenvalue weighted by Crippen LogP contribution is -1.89. The molecule has 0 fully saturated rings. The van der Waals surface area contributed by atoms with Crippen molar-refractivity contribution in [2.75, 3.05) is 14.2 Å². The van der Waals surface area contributed by atoms with Crippen molar-refractivity contribution in [1.82, 2.24) is 44.9 Å². The van der Waals surface area contributed by atoms with E-state index in [1.54, 1.807) is 39.0 Å². The molecule has 0 atom stereocenters. The predicted octanol–water partition coefficient (Wildman–Crippen LogP) is 13.2. The van der Waals surface area contributed by atoms with Gasteiger partial charge >= 0.3 is 0 Å². The molecule has 68 heavy (non-hydrogen) atoms. The molecule has 0 aliphatic carbocycles. The smallest absolute Gasteiger partial charge is 0.126 e. The van der Waals surface area contributed by atoms with E-state index in [1.165, 1.54) is 11.1 Å². The Morgan fingerprint density at radius 1 is 0.368 bits per heavy atom. The maximum absolute atomic E-state index is 5.55. The van der Waals surface area contributed by atoms with Crippen molar-refractivity contribution in [2.24, 2.45) is 0 Å². The lowest BCUT2D eigenvalue weighted by atomic mass is 9.97. The van der Waals surface area contributed by atoms with Crippen LogP contribution in [-0.2, 0) is 0 Å². The molecule has 0 amide bonds. The van der Waals surface area contributed by atoms with Crippen molar-refractivity contribution < 1.29 is 9.47 Å². The number of para-hydroxylation sites is 1. The van der Waals surface area contributed by atoms with E-state index in [9.17, 15) is 0 Å². The summed E-state index contributed by atoms with van der Waals surface area (Å²) in [6, 6.07) is 48.4. The van der Waals surface area contributed by atoms with Gasteiger partial charge in [0.25, 0.3) is 0 Å². The van der Waals surface area contributed by atoms with Crippen LogP contribution in [0.1, 0.15) is 5.56 Å². The van der Waals surface area contributed by atoms with Gasteiger partial charge in [-0.3, -0.25) is 29.9 Å². The second-order valence-corrected chi connectivity index (χ2v) is 15.8. The Balaban J connectivity index is 0.000000119. The Hall–Kier alpha value is -9.22. The third-order valence-electron chi connectivity index (χ3n) is 11.7. The van der Waals surface area contributed by atoms with Gasteiger partial charge in [0, 0.05) is 94.7 Å². The molecular weight excluding hydrogens is 843 g/mol. The van der Waals surface area contributed by atoms with Crippen LogP contribution in [0.5, 0.6) is 11.5 Å². The summed E-state index contributed by atoms with van der Waals surface area (Å²) in [5.41, 5.74) is 20.2. The van der Waals surface area contributed by atoms with Gasteiger partial charge in [-0.15, -0.1) is 0 Å². The van der Waals surface area contributed by atoms with Crippen molar-refractivity contribution in [2.45, 2.75) is 6.92 Å². The van der Waals surface area contributed by atoms with Crippen molar-refractivity contribution >= 4 is 33.1 Å². The average molecular weight is 888 g/mol. The molecule has 0 saturated carbocycles. The molecule has 11 heteroatoms. The summed E-state index contributed by atoms with van der Waals surface area (Å²) in [7, 11) is 3.36. The summed E-state index contributed by atoms with van der Waals surface area (Å²) < 4.78 is 10.9. The zero-order valence-corrected chi connectivity index (χ0v) is 37.6. The number of pyridine rings is 6. The van der Waals surface area contributed by atoms with Crippen LogP contribution >= 0.6 is 0 Å². The van der Waals surface area contributed by atoms with Gasteiger partial charge < -0.3 is 24.4 Å². The van der Waals surface area contributed by atoms with Gasteiger partial charge in [0.05, 0.1) is 64.4 Å². The highest BCUT2D eigenvalue weighted by Crippen LogP contribution is 2.42. The van der Waals surface area contributed by atoms with E-state index in [4.69, 9.17) is 9.47 Å². The lowest BCUT2D eigenvalue weighted by molar-refractivity contribution is 0.415. The van der Waals surface area contributed by atoms with Crippen LogP contribution in [0.25, 0.3) is 100 Å². The molecule has 9 heterocycles. The summed E-state index contributed by atoms with van der Waals surface area (Å²) in [5, 5.41) is 0. The van der Waals surface area contributed by atoms with E-state index < -0.39 is 0 Å². The van der Waals surface area contributed by atoms with Gasteiger partial charge in [0.2, 0.25) is 0 Å². The van der Waals surface area contributed by atoms with Crippen LogP contribution in [0, 0.1) is 6.92 Å². The predicted molar refractivity (Wildman–Crippen MR) is 272 cm³/mol. The van der Waals surface area contributed by atoms with E-state index in [1.807, 2.05) is 134 Å². The molecule has 0 saturated heterocycles. The van der Waals surface area contributed by atoms with Crippen molar-refractivity contribution in [1.29, 1.82) is 0 Å². The van der Waals surface area contributed by atoms with Gasteiger partial charge in [0.1, 0.15) is 11.5 Å². The van der Waals surface area contributed by atoms with Crippen LogP contribution in [-0.4, -0.2) is 59.1 Å². The lowest BCUT2D eigenvalue weighted by Gasteiger charge is -2.09. The highest BCUT2D eigenvalue weighted by Gasteiger charge is 2.20. The number of rotatable bonds is 8. The number of hydrogen-bond acceptors (Lipinski definition) is 8. The number of H-pyrrole nitrogens is 3. The molecule has 12 aromatic rings. The molecule has 3 aromatic carbocycles. The first-order chi connectivity index (χ1) is 33.6. The number of fused-ring (bicyclic) bond motifs is 3. The van der Waals surface area contributed by atoms with Gasteiger partial charge in [-0.2, -0.15) is 0 Å². The largest absolute Gasteiger partial charge is 0.497 e. The highest BCUT2D eigenvalue weighted by atomic mass is 16.5. The van der Waals surface area contributed by atoms with Gasteiger partial charge in [0.15, 0.2) is 0 Å². The summed E-state index contributed by atoms with van der Waals surface area (Å²) in [6.07, 6.45) is 16.3. The van der Waals surface area contributed by atoms with Crippen molar-refractivity contribution in [3.8, 4) is 78.7 Å². The number of methoxy groups -OCH3 is 2. The number of nitrogens with one attached hydrogen (secondary N) is 3. The molecule has 0 radical (unpaired) electrons. The maximum Gasteiger partial charge on any atom is 0.126 e. The molecule has 9 aromatic heterocycles. The van der Waals surface area contributed by atoms with Crippen LogP contribution in [0.2, 0.25) is 0 Å². The maximum atomic E-state index is 5.55. The minimum atomic E-state index is 0.827. The number of nitrogens with zero attached hydrogens (tertiary/aromatic N) is 6. The zero-order valence-electron chi connectivity index (χ0n) is 37.6. The molecule has 11 nitrogen and oxygen atoms in total. The Morgan fingerprint density at radius 2 is 0.809 bits per heavy atom. The SMILES string of the molecule is COc1cccc(-c2c(-c3ccncc3)[nH]c3cccnc23)c1.COc1ccccc1-c1c(-c2ccncc2)[nH]c2cccnc12.Cc1ccccc1-c1c(-c2ccncc2)[nH]c2cccnc12. The fourth-order valence-electron chi connectivity index (χ4n) is 8.56. The fraction of sp³-hybridized carbons (Fsp3) is 0.0526. The molecule has 0 aliphatic heterocycles.